The molecule has 1 unspecified atom stereocenters. The zero-order valence-corrected chi connectivity index (χ0v) is 24.5. The van der Waals surface area contributed by atoms with Crippen LogP contribution in [0.3, 0.4) is 0 Å². The van der Waals surface area contributed by atoms with Gasteiger partial charge >= 0.3 is 5.97 Å². The van der Waals surface area contributed by atoms with E-state index in [1.165, 1.54) is 11.8 Å². The van der Waals surface area contributed by atoms with Gasteiger partial charge in [0.2, 0.25) is 0 Å². The van der Waals surface area contributed by atoms with E-state index < -0.39 is 12.1 Å². The van der Waals surface area contributed by atoms with Crippen molar-refractivity contribution >= 4 is 17.7 Å². The number of rotatable bonds is 17. The molecule has 0 aliphatic heterocycles. The topological polar surface area (TPSA) is 96.2 Å². The molecular weight excluding hydrogens is 536 g/mol. The lowest BCUT2D eigenvalue weighted by atomic mass is 9.95. The lowest BCUT2D eigenvalue weighted by Crippen LogP contribution is -2.02. The van der Waals surface area contributed by atoms with Crippen LogP contribution in [0.5, 0.6) is 5.75 Å². The van der Waals surface area contributed by atoms with Gasteiger partial charge in [0.1, 0.15) is 18.5 Å². The predicted molar refractivity (Wildman–Crippen MR) is 164 cm³/mol. The fourth-order valence-corrected chi connectivity index (χ4v) is 5.12. The van der Waals surface area contributed by atoms with E-state index in [2.05, 4.69) is 18.8 Å². The minimum absolute atomic E-state index is 0.191. The predicted octanol–water partition coefficient (Wildman–Crippen LogP) is 7.38. The Morgan fingerprint density at radius 1 is 0.927 bits per heavy atom. The third-order valence-electron chi connectivity index (χ3n) is 6.45. The summed E-state index contributed by atoms with van der Waals surface area (Å²) >= 11 is 1.39. The van der Waals surface area contributed by atoms with Crippen LogP contribution in [0.15, 0.2) is 76.5 Å². The standard InChI is InChI=1S/C34H40O6S/c1-2-3-24-40-27-16-18-28(19-17-27)41-33-20-15-26(25-31(33)34(37)38)29-12-7-8-13-30(29)32(36)14-11-23-39-22-10-6-4-5-9-21-35/h7-8,12-13,15-20,25,32,35-36H,2-6,9-10,21-24H2,1H3,(H,37,38). The van der Waals surface area contributed by atoms with Gasteiger partial charge in [0.05, 0.1) is 12.2 Å². The van der Waals surface area contributed by atoms with Crippen LogP contribution in [-0.4, -0.2) is 47.7 Å². The number of aromatic carboxylic acids is 1. The molecule has 0 radical (unpaired) electrons. The van der Waals surface area contributed by atoms with Crippen molar-refractivity contribution in [1.29, 1.82) is 0 Å². The van der Waals surface area contributed by atoms with Gasteiger partial charge < -0.3 is 24.8 Å². The summed E-state index contributed by atoms with van der Waals surface area (Å²) in [4.78, 5) is 13.7. The highest BCUT2D eigenvalue weighted by Gasteiger charge is 2.16. The van der Waals surface area contributed by atoms with Gasteiger partial charge in [-0.05, 0) is 66.8 Å². The molecule has 0 aliphatic carbocycles. The Bertz CT molecular complexity index is 1280. The SMILES string of the molecule is CCCCOc1ccc(Sc2ccc(-c3ccccc3C(O)C#CCOCCCCCCCO)cc2C(=O)O)cc1. The minimum atomic E-state index is -1.03. The molecule has 7 heteroatoms. The average molecular weight is 577 g/mol. The van der Waals surface area contributed by atoms with Crippen molar-refractivity contribution < 1.29 is 29.6 Å². The number of ether oxygens (including phenoxy) is 2. The molecule has 0 saturated heterocycles. The Morgan fingerprint density at radius 3 is 2.44 bits per heavy atom. The summed E-state index contributed by atoms with van der Waals surface area (Å²) in [6, 6.07) is 20.3. The van der Waals surface area contributed by atoms with Gasteiger partial charge in [-0.3, -0.25) is 0 Å². The quantitative estimate of drug-likeness (QED) is 0.114. The van der Waals surface area contributed by atoms with Gasteiger partial charge in [-0.1, -0.05) is 86.5 Å². The molecule has 0 amide bonds. The first kappa shape index (κ1) is 32.2. The fraction of sp³-hybridized carbons (Fsp3) is 0.382. The molecule has 0 fully saturated rings. The maximum atomic E-state index is 12.2. The van der Waals surface area contributed by atoms with Crippen LogP contribution in [0.4, 0.5) is 0 Å². The summed E-state index contributed by atoms with van der Waals surface area (Å²) < 4.78 is 11.3. The molecule has 3 aromatic rings. The van der Waals surface area contributed by atoms with Crippen molar-refractivity contribution in [2.24, 2.45) is 0 Å². The zero-order chi connectivity index (χ0) is 29.3. The molecule has 0 heterocycles. The molecule has 41 heavy (non-hydrogen) atoms. The summed E-state index contributed by atoms with van der Waals surface area (Å²) in [7, 11) is 0. The van der Waals surface area contributed by atoms with Crippen molar-refractivity contribution in [1.82, 2.24) is 0 Å². The second kappa shape index (κ2) is 18.2. The molecule has 6 nitrogen and oxygen atoms in total. The number of carboxylic acid groups (broad SMARTS) is 1. The lowest BCUT2D eigenvalue weighted by Gasteiger charge is -2.14. The number of aliphatic hydroxyl groups excluding tert-OH is 2. The summed E-state index contributed by atoms with van der Waals surface area (Å²) in [5.41, 5.74) is 2.22. The highest BCUT2D eigenvalue weighted by Crippen LogP contribution is 2.36. The van der Waals surface area contributed by atoms with Gasteiger partial charge in [-0.2, -0.15) is 0 Å². The highest BCUT2D eigenvalue weighted by atomic mass is 32.2. The van der Waals surface area contributed by atoms with Gasteiger partial charge in [0.15, 0.2) is 0 Å². The summed E-state index contributed by atoms with van der Waals surface area (Å²) in [6.45, 7) is 3.88. The maximum absolute atomic E-state index is 12.2. The van der Waals surface area contributed by atoms with Crippen molar-refractivity contribution in [3.8, 4) is 28.7 Å². The van der Waals surface area contributed by atoms with Crippen LogP contribution in [0, 0.1) is 11.8 Å². The third-order valence-corrected chi connectivity index (χ3v) is 7.54. The average Bonchev–Trinajstić information content (AvgIpc) is 2.99. The van der Waals surface area contributed by atoms with E-state index in [1.54, 1.807) is 12.1 Å². The number of carbonyl (C=O) groups is 1. The van der Waals surface area contributed by atoms with E-state index in [-0.39, 0.29) is 18.8 Å². The van der Waals surface area contributed by atoms with E-state index in [9.17, 15) is 15.0 Å². The number of hydrogen-bond acceptors (Lipinski definition) is 6. The van der Waals surface area contributed by atoms with Crippen LogP contribution in [0.1, 0.15) is 73.9 Å². The molecule has 1 atom stereocenters. The Hall–Kier alpha value is -3.28. The lowest BCUT2D eigenvalue weighted by molar-refractivity contribution is 0.0693. The van der Waals surface area contributed by atoms with Crippen LogP contribution in [0.2, 0.25) is 0 Å². The molecule has 0 bridgehead atoms. The molecule has 0 saturated carbocycles. The van der Waals surface area contributed by atoms with E-state index in [0.29, 0.717) is 29.2 Å². The smallest absolute Gasteiger partial charge is 0.336 e. The largest absolute Gasteiger partial charge is 0.494 e. The Balaban J connectivity index is 1.66. The van der Waals surface area contributed by atoms with Crippen LogP contribution in [-0.2, 0) is 4.74 Å². The van der Waals surface area contributed by atoms with Crippen LogP contribution in [0.25, 0.3) is 11.1 Å². The highest BCUT2D eigenvalue weighted by molar-refractivity contribution is 7.99. The van der Waals surface area contributed by atoms with E-state index >= 15 is 0 Å². The van der Waals surface area contributed by atoms with E-state index in [0.717, 1.165) is 61.2 Å². The van der Waals surface area contributed by atoms with Gasteiger partial charge in [-0.25, -0.2) is 4.79 Å². The van der Waals surface area contributed by atoms with Crippen molar-refractivity contribution in [2.75, 3.05) is 26.4 Å². The number of benzene rings is 3. The van der Waals surface area contributed by atoms with E-state index in [1.807, 2.05) is 54.6 Å². The first-order valence-corrected chi connectivity index (χ1v) is 15.1. The molecule has 218 valence electrons. The summed E-state index contributed by atoms with van der Waals surface area (Å²) in [6.07, 6.45) is 5.99. The fourth-order valence-electron chi connectivity index (χ4n) is 4.20. The van der Waals surface area contributed by atoms with Crippen molar-refractivity contribution in [3.63, 3.8) is 0 Å². The van der Waals surface area contributed by atoms with Gasteiger partial charge in [0.25, 0.3) is 0 Å². The van der Waals surface area contributed by atoms with E-state index in [4.69, 9.17) is 14.6 Å². The second-order valence-corrected chi connectivity index (χ2v) is 10.8. The Morgan fingerprint density at radius 2 is 1.68 bits per heavy atom. The normalized spacial score (nSPS) is 11.5. The van der Waals surface area contributed by atoms with Crippen molar-refractivity contribution in [3.05, 3.63) is 77.9 Å². The van der Waals surface area contributed by atoms with Crippen LogP contribution >= 0.6 is 11.8 Å². The minimum Gasteiger partial charge on any atom is -0.494 e. The molecule has 0 spiro atoms. The first-order chi connectivity index (χ1) is 20.0. The monoisotopic (exact) mass is 576 g/mol. The second-order valence-electron chi connectivity index (χ2n) is 9.65. The number of aliphatic hydroxyl groups is 2. The summed E-state index contributed by atoms with van der Waals surface area (Å²) in [5.74, 6) is 5.53. The molecule has 3 aromatic carbocycles. The van der Waals surface area contributed by atoms with Crippen LogP contribution < -0.4 is 4.74 Å². The van der Waals surface area contributed by atoms with Gasteiger partial charge in [0, 0.05) is 28.6 Å². The molecule has 3 N–H and O–H groups in total. The molecule has 0 aromatic heterocycles. The Kier molecular flexibility index (Phi) is 14.3. The zero-order valence-electron chi connectivity index (χ0n) is 23.7. The Labute approximate surface area is 247 Å². The number of unbranched alkanes of at least 4 members (excludes halogenated alkanes) is 5. The first-order valence-electron chi connectivity index (χ1n) is 14.3. The number of hydrogen-bond donors (Lipinski definition) is 3. The summed E-state index contributed by atoms with van der Waals surface area (Å²) in [5, 5.41) is 29.6. The molecular formula is C34H40O6S. The molecule has 0 aliphatic rings. The number of carboxylic acids is 1. The van der Waals surface area contributed by atoms with Gasteiger partial charge in [-0.15, -0.1) is 0 Å². The maximum Gasteiger partial charge on any atom is 0.336 e. The molecule has 3 rings (SSSR count). The third kappa shape index (κ3) is 10.9. The van der Waals surface area contributed by atoms with Crippen molar-refractivity contribution in [2.45, 2.75) is 67.8 Å².